The number of benzene rings is 3. The lowest BCUT2D eigenvalue weighted by Gasteiger charge is -2.39. The molecular formula is C26H23F2N2OP. The van der Waals surface area contributed by atoms with Crippen LogP contribution < -0.4 is 15.7 Å². The van der Waals surface area contributed by atoms with Crippen molar-refractivity contribution in [2.24, 2.45) is 0 Å². The summed E-state index contributed by atoms with van der Waals surface area (Å²) in [6, 6.07) is 27.4. The van der Waals surface area contributed by atoms with E-state index in [4.69, 9.17) is 0 Å². The first kappa shape index (κ1) is 22.1. The third-order valence-corrected chi connectivity index (χ3v) is 8.42. The topological polar surface area (TPSA) is 42.0 Å². The van der Waals surface area contributed by atoms with Gasteiger partial charge in [-0.2, -0.15) is 4.39 Å². The van der Waals surface area contributed by atoms with Crippen LogP contribution in [0.15, 0.2) is 103 Å². The highest BCUT2D eigenvalue weighted by molar-refractivity contribution is 7.77. The summed E-state index contributed by atoms with van der Waals surface area (Å²) < 4.78 is 42.2. The molecule has 4 aromatic rings. The normalized spacial score (nSPS) is 13.5. The van der Waals surface area contributed by atoms with Crippen molar-refractivity contribution < 1.29 is 13.3 Å². The molecule has 0 saturated heterocycles. The van der Waals surface area contributed by atoms with Gasteiger partial charge in [0.05, 0.1) is 5.54 Å². The van der Waals surface area contributed by atoms with Crippen LogP contribution in [0.25, 0.3) is 0 Å². The van der Waals surface area contributed by atoms with E-state index in [-0.39, 0.29) is 5.82 Å². The van der Waals surface area contributed by atoms with E-state index < -0.39 is 18.8 Å². The highest BCUT2D eigenvalue weighted by Gasteiger charge is 2.41. The maximum absolute atomic E-state index is 14.8. The van der Waals surface area contributed by atoms with Gasteiger partial charge in [0.2, 0.25) is 13.2 Å². The van der Waals surface area contributed by atoms with Gasteiger partial charge in [-0.25, -0.2) is 14.5 Å². The first-order valence-corrected chi connectivity index (χ1v) is 12.1. The third kappa shape index (κ3) is 4.14. The van der Waals surface area contributed by atoms with Gasteiger partial charge in [0.15, 0.2) is 0 Å². The molecule has 0 bridgehead atoms. The van der Waals surface area contributed by atoms with Crippen LogP contribution in [0.4, 0.5) is 8.78 Å². The lowest BCUT2D eigenvalue weighted by Crippen LogP contribution is -2.45. The van der Waals surface area contributed by atoms with E-state index in [1.165, 1.54) is 24.4 Å². The van der Waals surface area contributed by atoms with E-state index in [1.807, 2.05) is 67.6 Å². The fourth-order valence-electron chi connectivity index (χ4n) is 3.97. The first-order chi connectivity index (χ1) is 15.5. The maximum Gasteiger partial charge on any atom is 0.212 e. The van der Waals surface area contributed by atoms with Crippen LogP contribution in [0.5, 0.6) is 0 Å². The highest BCUT2D eigenvalue weighted by Crippen LogP contribution is 2.47. The monoisotopic (exact) mass is 448 g/mol. The third-order valence-electron chi connectivity index (χ3n) is 5.68. The Kier molecular flexibility index (Phi) is 6.31. The second-order valence-corrected chi connectivity index (χ2v) is 10.0. The van der Waals surface area contributed by atoms with E-state index in [0.29, 0.717) is 28.2 Å². The molecule has 3 aromatic carbocycles. The Labute approximate surface area is 186 Å². The quantitative estimate of drug-likeness (QED) is 0.299. The van der Waals surface area contributed by atoms with Gasteiger partial charge in [-0.15, -0.1) is 0 Å². The minimum Gasteiger partial charge on any atom is -0.296 e. The van der Waals surface area contributed by atoms with Crippen molar-refractivity contribution in [3.63, 3.8) is 0 Å². The van der Waals surface area contributed by atoms with Crippen LogP contribution in [-0.4, -0.2) is 4.98 Å². The number of pyridine rings is 1. The minimum atomic E-state index is -3.38. The molecule has 6 heteroatoms. The van der Waals surface area contributed by atoms with E-state index in [1.54, 1.807) is 18.2 Å². The zero-order valence-electron chi connectivity index (χ0n) is 17.6. The summed E-state index contributed by atoms with van der Waals surface area (Å²) in [5.41, 5.74) is 0.345. The van der Waals surface area contributed by atoms with Crippen LogP contribution >= 0.6 is 7.29 Å². The van der Waals surface area contributed by atoms with E-state index in [2.05, 4.69) is 10.1 Å². The van der Waals surface area contributed by atoms with E-state index >= 15 is 0 Å². The molecule has 0 fully saturated rings. The molecule has 1 atom stereocenters. The lowest BCUT2D eigenvalue weighted by atomic mass is 9.82. The molecule has 0 aliphatic rings. The zero-order chi connectivity index (χ0) is 22.6. The van der Waals surface area contributed by atoms with Crippen molar-refractivity contribution in [2.45, 2.75) is 18.9 Å². The second-order valence-electron chi connectivity index (χ2n) is 7.53. The molecule has 0 spiro atoms. The highest BCUT2D eigenvalue weighted by atomic mass is 31.2. The SMILES string of the molecule is CC[C@@](NP(=O)(c1ccccc1)c1ccccc1)(c1ccc(F)cc1)c1ccc(F)nc1. The smallest absolute Gasteiger partial charge is 0.212 e. The molecule has 1 aromatic heterocycles. The van der Waals surface area contributed by atoms with Crippen LogP contribution in [0, 0.1) is 11.8 Å². The van der Waals surface area contributed by atoms with Gasteiger partial charge >= 0.3 is 0 Å². The Hall–Kier alpha value is -3.14. The van der Waals surface area contributed by atoms with Gasteiger partial charge in [0.1, 0.15) is 5.82 Å². The molecule has 0 aliphatic heterocycles. The van der Waals surface area contributed by atoms with Crippen LogP contribution in [0.2, 0.25) is 0 Å². The fourth-order valence-corrected chi connectivity index (χ4v) is 6.66. The van der Waals surface area contributed by atoms with Crippen molar-refractivity contribution >= 4 is 17.9 Å². The van der Waals surface area contributed by atoms with Crippen LogP contribution in [0.3, 0.4) is 0 Å². The molecule has 0 radical (unpaired) electrons. The molecule has 0 amide bonds. The summed E-state index contributed by atoms with van der Waals surface area (Å²) in [5, 5.41) is 4.75. The number of aromatic nitrogens is 1. The standard InChI is InChI=1S/C26H23F2N2OP/c1-2-26(20-13-16-22(27)17-14-20,21-15-18-25(28)29-19-21)30-32(31,23-9-5-3-6-10-23)24-11-7-4-8-12-24/h3-19H,2H2,1H3,(H,30,31)/t26-/m1/s1. The molecule has 3 nitrogen and oxygen atoms in total. The minimum absolute atomic E-state index is 0.370. The Morgan fingerprint density at radius 3 is 1.78 bits per heavy atom. The predicted molar refractivity (Wildman–Crippen MR) is 125 cm³/mol. The number of hydrogen-bond donors (Lipinski definition) is 1. The van der Waals surface area contributed by atoms with Crippen molar-refractivity contribution in [3.8, 4) is 0 Å². The molecule has 162 valence electrons. The number of nitrogens with one attached hydrogen (secondary N) is 1. The van der Waals surface area contributed by atoms with Crippen molar-refractivity contribution in [1.29, 1.82) is 0 Å². The average Bonchev–Trinajstić information content (AvgIpc) is 2.85. The lowest BCUT2D eigenvalue weighted by molar-refractivity contribution is 0.452. The van der Waals surface area contributed by atoms with Crippen molar-refractivity contribution in [1.82, 2.24) is 10.1 Å². The van der Waals surface area contributed by atoms with Gasteiger partial charge in [-0.3, -0.25) is 4.57 Å². The number of rotatable bonds is 7. The average molecular weight is 448 g/mol. The van der Waals surface area contributed by atoms with Crippen molar-refractivity contribution in [3.05, 3.63) is 126 Å². The maximum atomic E-state index is 14.8. The van der Waals surface area contributed by atoms with Crippen LogP contribution in [0.1, 0.15) is 24.5 Å². The Balaban J connectivity index is 1.96. The number of hydrogen-bond acceptors (Lipinski definition) is 2. The van der Waals surface area contributed by atoms with Gasteiger partial charge in [-0.05, 0) is 60.0 Å². The predicted octanol–water partition coefficient (Wildman–Crippen LogP) is 5.53. The summed E-state index contributed by atoms with van der Waals surface area (Å²) in [6.07, 6.45) is 1.91. The van der Waals surface area contributed by atoms with Gasteiger partial charge < -0.3 is 0 Å². The van der Waals surface area contributed by atoms with Crippen LogP contribution in [-0.2, 0) is 10.1 Å². The summed E-state index contributed by atoms with van der Waals surface area (Å²) >= 11 is 0. The summed E-state index contributed by atoms with van der Waals surface area (Å²) in [6.45, 7) is 1.94. The number of nitrogens with zero attached hydrogens (tertiary/aromatic N) is 1. The summed E-state index contributed by atoms with van der Waals surface area (Å²) in [4.78, 5) is 3.84. The molecule has 0 aliphatic carbocycles. The van der Waals surface area contributed by atoms with Gasteiger partial charge in [0, 0.05) is 16.8 Å². The van der Waals surface area contributed by atoms with Crippen molar-refractivity contribution in [2.75, 3.05) is 0 Å². The van der Waals surface area contributed by atoms with E-state index in [0.717, 1.165) is 0 Å². The second kappa shape index (κ2) is 9.15. The Bertz CT molecular complexity index is 1130. The van der Waals surface area contributed by atoms with Gasteiger partial charge in [0.25, 0.3) is 0 Å². The first-order valence-electron chi connectivity index (χ1n) is 10.4. The fraction of sp³-hybridized carbons (Fsp3) is 0.115. The Morgan fingerprint density at radius 2 is 1.31 bits per heavy atom. The van der Waals surface area contributed by atoms with Gasteiger partial charge in [-0.1, -0.05) is 61.5 Å². The Morgan fingerprint density at radius 1 is 0.781 bits per heavy atom. The molecule has 1 N–H and O–H groups in total. The zero-order valence-corrected chi connectivity index (χ0v) is 18.5. The molecule has 0 saturated carbocycles. The number of halogens is 2. The van der Waals surface area contributed by atoms with E-state index in [9.17, 15) is 13.3 Å². The molecule has 1 heterocycles. The molecule has 32 heavy (non-hydrogen) atoms. The largest absolute Gasteiger partial charge is 0.296 e. The summed E-state index contributed by atoms with van der Waals surface area (Å²) in [7, 11) is -3.38. The molecule has 0 unspecified atom stereocenters. The molecular weight excluding hydrogens is 425 g/mol. The summed E-state index contributed by atoms with van der Waals surface area (Å²) in [5.74, 6) is -0.975. The molecule has 4 rings (SSSR count).